The van der Waals surface area contributed by atoms with Crippen LogP contribution in [0.1, 0.15) is 38.3 Å². The maximum absolute atomic E-state index is 13.0. The number of ether oxygens (including phenoxy) is 1. The fourth-order valence-electron chi connectivity index (χ4n) is 4.25. The molecule has 0 unspecified atom stereocenters. The standard InChI is InChI=1S/C25H25N3O3S2/c1-14-8-10-28(13-14)24(29)21-12-18-23(33-21)19(7-9-26-18)31-16-5-6-17-20(11-16)32-15(2)22(17)25(30)27(3)4/h5-7,9,11-12,14H,8,10,13H2,1-4H3/t14-/m1/s1. The van der Waals surface area contributed by atoms with Gasteiger partial charge in [-0.15, -0.1) is 22.7 Å². The van der Waals surface area contributed by atoms with Gasteiger partial charge in [0.25, 0.3) is 11.8 Å². The van der Waals surface area contributed by atoms with Crippen LogP contribution in [0.2, 0.25) is 0 Å². The summed E-state index contributed by atoms with van der Waals surface area (Å²) in [5, 5.41) is 0.937. The van der Waals surface area contributed by atoms with Gasteiger partial charge >= 0.3 is 0 Å². The lowest BCUT2D eigenvalue weighted by molar-refractivity contribution is 0.0791. The van der Waals surface area contributed by atoms with E-state index in [2.05, 4.69) is 11.9 Å². The number of fused-ring (bicyclic) bond motifs is 2. The lowest BCUT2D eigenvalue weighted by Crippen LogP contribution is -2.27. The van der Waals surface area contributed by atoms with Crippen molar-refractivity contribution in [3.63, 3.8) is 0 Å². The highest BCUT2D eigenvalue weighted by atomic mass is 32.1. The Morgan fingerprint density at radius 2 is 2.00 bits per heavy atom. The molecule has 170 valence electrons. The Kier molecular flexibility index (Phi) is 5.58. The van der Waals surface area contributed by atoms with Gasteiger partial charge in [-0.3, -0.25) is 14.6 Å². The minimum absolute atomic E-state index is 0.00596. The van der Waals surface area contributed by atoms with Crippen LogP contribution in [0.4, 0.5) is 0 Å². The summed E-state index contributed by atoms with van der Waals surface area (Å²) in [6.45, 7) is 5.77. The van der Waals surface area contributed by atoms with Crippen molar-refractivity contribution < 1.29 is 14.3 Å². The van der Waals surface area contributed by atoms with E-state index in [1.54, 1.807) is 36.5 Å². The first-order valence-electron chi connectivity index (χ1n) is 10.9. The number of likely N-dealkylation sites (tertiary alicyclic amines) is 1. The molecule has 33 heavy (non-hydrogen) atoms. The number of aryl methyl sites for hydroxylation is 1. The van der Waals surface area contributed by atoms with Crippen LogP contribution in [0, 0.1) is 12.8 Å². The van der Waals surface area contributed by atoms with Gasteiger partial charge in [-0.05, 0) is 43.5 Å². The van der Waals surface area contributed by atoms with Crippen LogP contribution < -0.4 is 4.74 Å². The van der Waals surface area contributed by atoms with Gasteiger partial charge in [0.1, 0.15) is 11.5 Å². The van der Waals surface area contributed by atoms with Crippen LogP contribution in [-0.2, 0) is 0 Å². The third-order valence-corrected chi connectivity index (χ3v) is 8.18. The number of benzene rings is 1. The number of hydrogen-bond acceptors (Lipinski definition) is 6. The highest BCUT2D eigenvalue weighted by Crippen LogP contribution is 2.38. The van der Waals surface area contributed by atoms with E-state index in [0.29, 0.717) is 22.3 Å². The zero-order valence-corrected chi connectivity index (χ0v) is 20.7. The molecule has 1 atom stereocenters. The molecule has 1 aromatic carbocycles. The predicted molar refractivity (Wildman–Crippen MR) is 134 cm³/mol. The molecular formula is C25H25N3O3S2. The summed E-state index contributed by atoms with van der Waals surface area (Å²) >= 11 is 3.02. The molecule has 1 fully saturated rings. The first-order chi connectivity index (χ1) is 15.8. The van der Waals surface area contributed by atoms with Gasteiger partial charge in [0.05, 0.1) is 20.7 Å². The van der Waals surface area contributed by atoms with E-state index in [0.717, 1.165) is 50.3 Å². The lowest BCUT2D eigenvalue weighted by Gasteiger charge is -2.14. The van der Waals surface area contributed by atoms with Crippen molar-refractivity contribution in [3.05, 3.63) is 51.8 Å². The van der Waals surface area contributed by atoms with Crippen LogP contribution in [0.3, 0.4) is 0 Å². The molecule has 0 saturated carbocycles. The Hall–Kier alpha value is -2.97. The summed E-state index contributed by atoms with van der Waals surface area (Å²) in [5.74, 6) is 1.99. The van der Waals surface area contributed by atoms with Gasteiger partial charge < -0.3 is 14.5 Å². The molecule has 0 N–H and O–H groups in total. The Labute approximate surface area is 200 Å². The second kappa shape index (κ2) is 8.43. The van der Waals surface area contributed by atoms with E-state index in [1.807, 2.05) is 42.2 Å². The highest BCUT2D eigenvalue weighted by Gasteiger charge is 2.26. The maximum Gasteiger partial charge on any atom is 0.264 e. The molecule has 4 aromatic rings. The quantitative estimate of drug-likeness (QED) is 0.371. The number of carbonyl (C=O) groups excluding carboxylic acids is 2. The molecule has 0 aliphatic carbocycles. The third-order valence-electron chi connectivity index (χ3n) is 5.98. The van der Waals surface area contributed by atoms with Gasteiger partial charge in [-0.2, -0.15) is 0 Å². The van der Waals surface area contributed by atoms with Crippen molar-refractivity contribution in [1.82, 2.24) is 14.8 Å². The van der Waals surface area contributed by atoms with E-state index in [1.165, 1.54) is 11.3 Å². The maximum atomic E-state index is 13.0. The number of nitrogens with zero attached hydrogens (tertiary/aromatic N) is 3. The molecule has 1 aliphatic heterocycles. The predicted octanol–water partition coefficient (Wildman–Crippen LogP) is 5.80. The number of amides is 2. The van der Waals surface area contributed by atoms with E-state index < -0.39 is 0 Å². The fourth-order valence-corrected chi connectivity index (χ4v) is 6.37. The summed E-state index contributed by atoms with van der Waals surface area (Å²) in [5.41, 5.74) is 1.51. The summed E-state index contributed by atoms with van der Waals surface area (Å²) in [4.78, 5) is 35.2. The van der Waals surface area contributed by atoms with Gasteiger partial charge in [-0.1, -0.05) is 6.92 Å². The number of thiophene rings is 2. The Balaban J connectivity index is 1.46. The minimum Gasteiger partial charge on any atom is -0.456 e. The molecule has 6 nitrogen and oxygen atoms in total. The van der Waals surface area contributed by atoms with Crippen LogP contribution in [0.5, 0.6) is 11.5 Å². The molecule has 3 aromatic heterocycles. The first-order valence-corrected chi connectivity index (χ1v) is 12.6. The van der Waals surface area contributed by atoms with E-state index >= 15 is 0 Å². The number of hydrogen-bond donors (Lipinski definition) is 0. The van der Waals surface area contributed by atoms with Crippen LogP contribution in [-0.4, -0.2) is 53.8 Å². The van der Waals surface area contributed by atoms with Crippen LogP contribution in [0.25, 0.3) is 20.3 Å². The largest absolute Gasteiger partial charge is 0.456 e. The summed E-state index contributed by atoms with van der Waals surface area (Å²) in [6.07, 6.45) is 2.76. The van der Waals surface area contributed by atoms with E-state index in [-0.39, 0.29) is 11.8 Å². The van der Waals surface area contributed by atoms with E-state index in [4.69, 9.17) is 4.74 Å². The molecule has 8 heteroatoms. The zero-order valence-electron chi connectivity index (χ0n) is 19.0. The monoisotopic (exact) mass is 479 g/mol. The Morgan fingerprint density at radius 1 is 1.18 bits per heavy atom. The number of aromatic nitrogens is 1. The zero-order chi connectivity index (χ0) is 23.3. The van der Waals surface area contributed by atoms with Crippen LogP contribution >= 0.6 is 22.7 Å². The van der Waals surface area contributed by atoms with Crippen molar-refractivity contribution in [3.8, 4) is 11.5 Å². The van der Waals surface area contributed by atoms with Gasteiger partial charge in [0, 0.05) is 54.4 Å². The molecule has 5 rings (SSSR count). The highest BCUT2D eigenvalue weighted by molar-refractivity contribution is 7.21. The topological polar surface area (TPSA) is 62.7 Å². The first kappa shape index (κ1) is 21.9. The average Bonchev–Trinajstić information content (AvgIpc) is 3.49. The second-order valence-corrected chi connectivity index (χ2v) is 11.1. The second-order valence-electron chi connectivity index (χ2n) is 8.77. The fraction of sp³-hybridized carbons (Fsp3) is 0.320. The molecule has 0 spiro atoms. The molecule has 2 amide bonds. The summed E-state index contributed by atoms with van der Waals surface area (Å²) in [7, 11) is 3.53. The third kappa shape index (κ3) is 3.98. The molecule has 1 aliphatic rings. The lowest BCUT2D eigenvalue weighted by atomic mass is 10.1. The van der Waals surface area contributed by atoms with Gasteiger partial charge in [0.2, 0.25) is 0 Å². The average molecular weight is 480 g/mol. The molecular weight excluding hydrogens is 454 g/mol. The van der Waals surface area contributed by atoms with Crippen LogP contribution in [0.15, 0.2) is 36.5 Å². The molecule has 4 heterocycles. The molecule has 0 radical (unpaired) electrons. The normalized spacial score (nSPS) is 16.0. The molecule has 1 saturated heterocycles. The van der Waals surface area contributed by atoms with Crippen molar-refractivity contribution in [2.75, 3.05) is 27.2 Å². The van der Waals surface area contributed by atoms with Crippen molar-refractivity contribution in [2.24, 2.45) is 5.92 Å². The van der Waals surface area contributed by atoms with E-state index in [9.17, 15) is 9.59 Å². The molecule has 0 bridgehead atoms. The number of carbonyl (C=O) groups is 2. The van der Waals surface area contributed by atoms with Gasteiger partial charge in [0.15, 0.2) is 0 Å². The Bertz CT molecular complexity index is 1390. The smallest absolute Gasteiger partial charge is 0.264 e. The SMILES string of the molecule is Cc1sc2cc(Oc3ccnc4cc(C(=O)N5CC[C@@H](C)C5)sc34)ccc2c1C(=O)N(C)C. The minimum atomic E-state index is 0.00596. The van der Waals surface area contributed by atoms with Crippen molar-refractivity contribution >= 4 is 54.8 Å². The van der Waals surface area contributed by atoms with Gasteiger partial charge in [-0.25, -0.2) is 0 Å². The number of pyridine rings is 1. The van der Waals surface area contributed by atoms with Crippen molar-refractivity contribution in [2.45, 2.75) is 20.3 Å². The summed E-state index contributed by atoms with van der Waals surface area (Å²) in [6, 6.07) is 9.50. The van der Waals surface area contributed by atoms with Crippen molar-refractivity contribution in [1.29, 1.82) is 0 Å². The number of rotatable bonds is 4. The Morgan fingerprint density at radius 3 is 2.73 bits per heavy atom. The summed E-state index contributed by atoms with van der Waals surface area (Å²) < 4.78 is 8.11.